The zero-order chi connectivity index (χ0) is 32.0. The van der Waals surface area contributed by atoms with E-state index in [4.69, 9.17) is 0 Å². The summed E-state index contributed by atoms with van der Waals surface area (Å²) in [5.74, 6) is -2.13. The number of hydrogen-bond donors (Lipinski definition) is 1. The number of fused-ring (bicyclic) bond motifs is 2. The minimum absolute atomic E-state index is 0.0293. The van der Waals surface area contributed by atoms with Crippen molar-refractivity contribution < 1.29 is 62.4 Å². The number of nitrogens with one attached hydrogen (secondary N) is 1. The summed E-state index contributed by atoms with van der Waals surface area (Å²) in [5.41, 5.74) is -10.5. The van der Waals surface area contributed by atoms with Gasteiger partial charge in [0.1, 0.15) is 11.3 Å². The summed E-state index contributed by atoms with van der Waals surface area (Å²) in [5, 5.41) is 6.03. The monoisotopic (exact) mass is 643 g/mol. The molecule has 1 spiro atoms. The first-order valence-electron chi connectivity index (χ1n) is 12.1. The summed E-state index contributed by atoms with van der Waals surface area (Å²) in [6.45, 7) is -0.171. The molecule has 1 saturated heterocycles. The molecular formula is C25H18F9N3O5S. The number of nitrogens with zero attached hydrogens (tertiary/aromatic N) is 2. The molecule has 1 atom stereocenters. The van der Waals surface area contributed by atoms with E-state index in [0.29, 0.717) is 5.56 Å². The Bertz CT molecular complexity index is 1640. The molecule has 3 heterocycles. The van der Waals surface area contributed by atoms with Crippen LogP contribution in [0.4, 0.5) is 39.5 Å². The Morgan fingerprint density at radius 1 is 0.977 bits per heavy atom. The van der Waals surface area contributed by atoms with Gasteiger partial charge < -0.3 is 15.1 Å². The van der Waals surface area contributed by atoms with Crippen LogP contribution in [0.15, 0.2) is 41.6 Å². The number of oxime groups is 1. The van der Waals surface area contributed by atoms with Crippen molar-refractivity contribution in [2.45, 2.75) is 36.1 Å². The highest BCUT2D eigenvalue weighted by Gasteiger charge is 2.63. The summed E-state index contributed by atoms with van der Waals surface area (Å²) in [4.78, 5) is 30.8. The van der Waals surface area contributed by atoms with Crippen LogP contribution < -0.4 is 5.32 Å². The van der Waals surface area contributed by atoms with Gasteiger partial charge in [-0.1, -0.05) is 17.3 Å². The number of alkyl halides is 9. The lowest BCUT2D eigenvalue weighted by atomic mass is 9.81. The summed E-state index contributed by atoms with van der Waals surface area (Å²) in [6.07, 6.45) is -16.8. The fourth-order valence-corrected chi connectivity index (χ4v) is 5.91. The van der Waals surface area contributed by atoms with Gasteiger partial charge in [0.05, 0.1) is 16.8 Å². The Kier molecular flexibility index (Phi) is 6.65. The molecule has 0 aromatic heterocycles. The lowest BCUT2D eigenvalue weighted by Crippen LogP contribution is -2.67. The SMILES string of the molecule is CS(=O)(=O)CC(=O)N1CC2(C1)NC(=O)c1cc(C3=NOC(c4cc(C(F)(F)F)cc(C(F)(F)F)c4)(C(F)(F)F)C3)ccc12. The Hall–Kier alpha value is -3.83. The molecule has 0 saturated carbocycles. The fraction of sp³-hybridized carbons (Fsp3) is 0.400. The Balaban J connectivity index is 1.46. The molecule has 2 aromatic carbocycles. The number of likely N-dealkylation sites (tertiary alicyclic amines) is 1. The maximum Gasteiger partial charge on any atom is 0.435 e. The number of benzene rings is 2. The first-order valence-corrected chi connectivity index (χ1v) is 14.2. The van der Waals surface area contributed by atoms with Crippen molar-refractivity contribution in [2.75, 3.05) is 25.1 Å². The predicted octanol–water partition coefficient (Wildman–Crippen LogP) is 4.13. The van der Waals surface area contributed by atoms with Crippen molar-refractivity contribution >= 4 is 27.4 Å². The lowest BCUT2D eigenvalue weighted by Gasteiger charge is -2.48. The topological polar surface area (TPSA) is 105 Å². The molecule has 2 amide bonds. The Morgan fingerprint density at radius 3 is 2.07 bits per heavy atom. The normalized spacial score (nSPS) is 21.7. The zero-order valence-corrected chi connectivity index (χ0v) is 22.4. The quantitative estimate of drug-likeness (QED) is 0.505. The van der Waals surface area contributed by atoms with Crippen molar-refractivity contribution in [3.63, 3.8) is 0 Å². The molecule has 232 valence electrons. The van der Waals surface area contributed by atoms with E-state index >= 15 is 0 Å². The van der Waals surface area contributed by atoms with Crippen molar-refractivity contribution in [3.05, 3.63) is 69.8 Å². The van der Waals surface area contributed by atoms with Gasteiger partial charge in [0, 0.05) is 42.5 Å². The van der Waals surface area contributed by atoms with Gasteiger partial charge in [0.25, 0.3) is 11.5 Å². The average Bonchev–Trinajstić information content (AvgIpc) is 3.41. The number of carbonyl (C=O) groups is 2. The van der Waals surface area contributed by atoms with Crippen LogP contribution in [0.3, 0.4) is 0 Å². The lowest BCUT2D eigenvalue weighted by molar-refractivity contribution is -0.276. The molecule has 3 aliphatic rings. The summed E-state index contributed by atoms with van der Waals surface area (Å²) in [6, 6.07) is 3.27. The van der Waals surface area contributed by atoms with Crippen molar-refractivity contribution in [3.8, 4) is 0 Å². The number of amides is 2. The molecule has 3 aliphatic heterocycles. The second-order valence-electron chi connectivity index (χ2n) is 10.5. The zero-order valence-electron chi connectivity index (χ0n) is 21.5. The van der Waals surface area contributed by atoms with E-state index in [0.717, 1.165) is 12.3 Å². The number of rotatable bonds is 4. The van der Waals surface area contributed by atoms with Crippen LogP contribution in [0.2, 0.25) is 0 Å². The molecule has 1 N–H and O–H groups in total. The number of halogens is 9. The first-order chi connectivity index (χ1) is 19.5. The van der Waals surface area contributed by atoms with E-state index in [9.17, 15) is 57.5 Å². The van der Waals surface area contributed by atoms with Crippen molar-refractivity contribution in [2.24, 2.45) is 5.16 Å². The maximum absolute atomic E-state index is 14.4. The highest BCUT2D eigenvalue weighted by molar-refractivity contribution is 7.91. The smallest absolute Gasteiger partial charge is 0.374 e. The molecule has 5 rings (SSSR count). The number of sulfone groups is 1. The fourth-order valence-electron chi connectivity index (χ4n) is 5.27. The molecule has 0 bridgehead atoms. The summed E-state index contributed by atoms with van der Waals surface area (Å²) < 4.78 is 146. The number of hydrogen-bond acceptors (Lipinski definition) is 6. The third-order valence-electron chi connectivity index (χ3n) is 7.37. The average molecular weight is 643 g/mol. The first kappa shape index (κ1) is 30.6. The largest absolute Gasteiger partial charge is 0.435 e. The third kappa shape index (κ3) is 5.29. The molecule has 0 radical (unpaired) electrons. The van der Waals surface area contributed by atoms with Gasteiger partial charge in [-0.05, 0) is 29.8 Å². The highest BCUT2D eigenvalue weighted by Crippen LogP contribution is 2.51. The van der Waals surface area contributed by atoms with Crippen LogP contribution in [0, 0.1) is 0 Å². The second kappa shape index (κ2) is 9.33. The molecule has 1 fully saturated rings. The third-order valence-corrected chi connectivity index (χ3v) is 8.14. The highest BCUT2D eigenvalue weighted by atomic mass is 32.2. The van der Waals surface area contributed by atoms with Crippen LogP contribution in [-0.2, 0) is 43.0 Å². The maximum atomic E-state index is 14.4. The van der Waals surface area contributed by atoms with Crippen LogP contribution >= 0.6 is 0 Å². The Morgan fingerprint density at radius 2 is 1.56 bits per heavy atom. The van der Waals surface area contributed by atoms with Crippen LogP contribution in [0.25, 0.3) is 0 Å². The molecule has 2 aromatic rings. The van der Waals surface area contributed by atoms with E-state index in [1.807, 2.05) is 0 Å². The minimum atomic E-state index is -5.53. The van der Waals surface area contributed by atoms with Gasteiger partial charge in [-0.3, -0.25) is 9.59 Å². The molecule has 0 aliphatic carbocycles. The van der Waals surface area contributed by atoms with Gasteiger partial charge in [0.15, 0.2) is 9.84 Å². The summed E-state index contributed by atoms with van der Waals surface area (Å²) >= 11 is 0. The molecule has 8 nitrogen and oxygen atoms in total. The van der Waals surface area contributed by atoms with Crippen molar-refractivity contribution in [1.82, 2.24) is 10.2 Å². The van der Waals surface area contributed by atoms with Gasteiger partial charge in [-0.25, -0.2) is 8.42 Å². The molecule has 18 heteroatoms. The number of carbonyl (C=O) groups excluding carboxylic acids is 2. The van der Waals surface area contributed by atoms with Gasteiger partial charge in [-0.15, -0.1) is 0 Å². The van der Waals surface area contributed by atoms with E-state index in [2.05, 4.69) is 15.3 Å². The van der Waals surface area contributed by atoms with E-state index < -0.39 is 85.9 Å². The van der Waals surface area contributed by atoms with E-state index in [1.54, 1.807) is 0 Å². The second-order valence-corrected chi connectivity index (χ2v) is 12.7. The van der Waals surface area contributed by atoms with Crippen LogP contribution in [-0.4, -0.2) is 62.1 Å². The predicted molar refractivity (Wildman–Crippen MR) is 128 cm³/mol. The van der Waals surface area contributed by atoms with Crippen molar-refractivity contribution in [1.29, 1.82) is 0 Å². The van der Waals surface area contributed by atoms with Crippen LogP contribution in [0.5, 0.6) is 0 Å². The van der Waals surface area contributed by atoms with Gasteiger partial charge in [-0.2, -0.15) is 39.5 Å². The molecule has 1 unspecified atom stereocenters. The standard InChI is InChI=1S/C25H18F9N3O5S/c1-43(40,41)9-19(38)37-10-21(11-37)17-3-2-12(4-16(17)20(39)35-21)18-8-22(42-36-18,25(32,33)34)13-5-14(23(26,27)28)7-15(6-13)24(29,30)31/h2-7H,8-11H2,1H3,(H,35,39). The molecular weight excluding hydrogens is 625 g/mol. The van der Waals surface area contributed by atoms with Gasteiger partial charge >= 0.3 is 18.5 Å². The van der Waals surface area contributed by atoms with Gasteiger partial charge in [0.2, 0.25) is 5.91 Å². The summed E-state index contributed by atoms with van der Waals surface area (Å²) in [7, 11) is -3.62. The minimum Gasteiger partial charge on any atom is -0.374 e. The van der Waals surface area contributed by atoms with E-state index in [1.165, 1.54) is 17.0 Å². The van der Waals surface area contributed by atoms with Crippen LogP contribution in [0.1, 0.15) is 44.6 Å². The Labute approximate surface area is 236 Å². The van der Waals surface area contributed by atoms with E-state index in [-0.39, 0.29) is 42.4 Å². The molecule has 43 heavy (non-hydrogen) atoms.